The van der Waals surface area contributed by atoms with Crippen molar-refractivity contribution in [3.05, 3.63) is 68.2 Å². The third-order valence-electron chi connectivity index (χ3n) is 4.85. The summed E-state index contributed by atoms with van der Waals surface area (Å²) in [6.07, 6.45) is 4.41. The molecule has 18 nitrogen and oxygen atoms in total. The Labute approximate surface area is 218 Å². The molecule has 2 aliphatic rings. The van der Waals surface area contributed by atoms with Crippen molar-refractivity contribution in [2.24, 2.45) is 0 Å². The molecule has 0 aromatic carbocycles. The summed E-state index contributed by atoms with van der Waals surface area (Å²) in [5.74, 6) is -0.390. The topological polar surface area (TPSA) is 273 Å². The molecule has 7 N–H and O–H groups in total. The van der Waals surface area contributed by atoms with E-state index in [9.17, 15) is 43.0 Å². The molecule has 0 spiro atoms. The second-order valence-corrected chi connectivity index (χ2v) is 12.2. The Kier molecular flexibility index (Phi) is 9.81. The maximum Gasteiger partial charge on any atom is 0.490 e. The molecule has 0 bridgehead atoms. The molecular weight excluding hydrogens is 591 g/mol. The highest BCUT2D eigenvalue weighted by Gasteiger charge is 2.43. The van der Waals surface area contributed by atoms with E-state index >= 15 is 0 Å². The molecule has 0 radical (unpaired) electrons. The number of aromatic amines is 1. The van der Waals surface area contributed by atoms with Crippen LogP contribution in [0.15, 0.2) is 51.4 Å². The number of phosphoric acid groups is 3. The van der Waals surface area contributed by atoms with Crippen molar-refractivity contribution in [2.45, 2.75) is 24.9 Å². The first kappa shape index (κ1) is 31.0. The molecule has 1 saturated heterocycles. The number of aliphatic hydroxyl groups is 1. The van der Waals surface area contributed by atoms with Crippen molar-refractivity contribution < 1.29 is 61.1 Å². The van der Waals surface area contributed by atoms with Gasteiger partial charge in [0.25, 0.3) is 11.5 Å². The Hall–Kier alpha value is -2.52. The molecule has 1 aliphatic carbocycles. The van der Waals surface area contributed by atoms with E-state index in [2.05, 4.69) is 29.2 Å². The highest BCUT2D eigenvalue weighted by Crippen LogP contribution is 2.66. The van der Waals surface area contributed by atoms with E-state index in [-0.39, 0.29) is 24.4 Å². The number of carbonyl (C=O) groups excluding carboxylic acids is 1. The number of phosphoric ester groups is 1. The molecule has 1 aliphatic heterocycles. The minimum absolute atomic E-state index is 0.0153. The summed E-state index contributed by atoms with van der Waals surface area (Å²) in [5.41, 5.74) is 1.37. The fraction of sp³-hybridized carbons (Fsp3) is 0.333. The molecule has 2 heterocycles. The number of allylic oxidation sites excluding steroid dienone is 1. The van der Waals surface area contributed by atoms with E-state index in [1.165, 1.54) is 12.2 Å². The number of aromatic nitrogens is 2. The van der Waals surface area contributed by atoms with Crippen molar-refractivity contribution in [1.29, 1.82) is 0 Å². The van der Waals surface area contributed by atoms with Gasteiger partial charge in [-0.05, 0) is 12.2 Å². The van der Waals surface area contributed by atoms with Crippen molar-refractivity contribution in [3.63, 3.8) is 0 Å². The van der Waals surface area contributed by atoms with Gasteiger partial charge in [0.2, 0.25) is 0 Å². The van der Waals surface area contributed by atoms with Gasteiger partial charge in [-0.3, -0.25) is 23.7 Å². The van der Waals surface area contributed by atoms with Crippen LogP contribution < -0.4 is 16.6 Å². The predicted molar refractivity (Wildman–Crippen MR) is 128 cm³/mol. The van der Waals surface area contributed by atoms with Crippen LogP contribution in [0.2, 0.25) is 0 Å². The molecule has 1 fully saturated rings. The van der Waals surface area contributed by atoms with E-state index in [0.29, 0.717) is 5.57 Å². The summed E-state index contributed by atoms with van der Waals surface area (Å²) in [6.45, 7) is -0.898. The first-order valence-corrected chi connectivity index (χ1v) is 15.1. The number of nitrogens with one attached hydrogen (secondary N) is 2. The molecule has 1 amide bonds. The fourth-order valence-corrected chi connectivity index (χ4v) is 6.27. The first-order chi connectivity index (χ1) is 18.1. The average Bonchev–Trinajstić information content (AvgIpc) is 3.44. The highest BCUT2D eigenvalue weighted by atomic mass is 31.3. The summed E-state index contributed by atoms with van der Waals surface area (Å²) in [5, 5.41) is 12.8. The van der Waals surface area contributed by atoms with E-state index in [1.54, 1.807) is 18.2 Å². The molecule has 1 aromatic rings. The number of aliphatic hydroxyl groups excluding tert-OH is 1. The number of amides is 1. The van der Waals surface area contributed by atoms with Crippen LogP contribution in [-0.2, 0) is 36.4 Å². The number of hydrogen-bond acceptors (Lipinski definition) is 11. The molecule has 1 aromatic heterocycles. The third-order valence-corrected chi connectivity index (χ3v) is 8.65. The SMILES string of the molecule is O=C(NC/C=C/c1cn([C@H]2C[C@H](O)[C@@H](COP(=O)(O)OP(=O)(O)OP(=O)(O)O)O2)c(=O)[nH]c1=O)C1=C=CC=C1. The number of H-pyrrole nitrogens is 1. The van der Waals surface area contributed by atoms with Crippen molar-refractivity contribution in [2.75, 3.05) is 13.2 Å². The Morgan fingerprint density at radius 1 is 1.21 bits per heavy atom. The summed E-state index contributed by atoms with van der Waals surface area (Å²) in [7, 11) is -16.8. The third kappa shape index (κ3) is 9.28. The maximum absolute atomic E-state index is 12.3. The van der Waals surface area contributed by atoms with E-state index in [4.69, 9.17) is 14.5 Å². The monoisotopic (exact) mass is 613 g/mol. The molecule has 0 saturated carbocycles. The lowest BCUT2D eigenvalue weighted by molar-refractivity contribution is -0.116. The van der Waals surface area contributed by atoms with Gasteiger partial charge in [0.15, 0.2) is 0 Å². The van der Waals surface area contributed by atoms with Crippen LogP contribution >= 0.6 is 23.5 Å². The number of hydrogen-bond donors (Lipinski definition) is 7. The lowest BCUT2D eigenvalue weighted by Crippen LogP contribution is -2.33. The van der Waals surface area contributed by atoms with Gasteiger partial charge in [-0.1, -0.05) is 18.2 Å². The lowest BCUT2D eigenvalue weighted by atomic mass is 10.2. The first-order valence-electron chi connectivity index (χ1n) is 10.6. The standard InChI is InChI=1S/C18H22N3O15P3/c22-13-8-15(34-14(13)10-33-38(29,30)36-39(31,32)35-37(26,27)28)21-9-12(17(24)20-18(21)25)6-3-7-19-16(23)11-4-1-2-5-11/h1-4,6,9,13-15,22H,7-8,10H2,(H,19,23)(H,29,30)(H,31,32)(H,20,24,25)(H2,26,27,28)/b6-3+/t13-,14+,15+/m0/s1. The van der Waals surface area contributed by atoms with Crippen LogP contribution in [0.25, 0.3) is 6.08 Å². The van der Waals surface area contributed by atoms with Crippen LogP contribution in [0, 0.1) is 0 Å². The van der Waals surface area contributed by atoms with Gasteiger partial charge in [-0.25, -0.2) is 18.5 Å². The number of rotatable bonds is 12. The van der Waals surface area contributed by atoms with Crippen LogP contribution in [0.1, 0.15) is 18.2 Å². The van der Waals surface area contributed by atoms with E-state index in [0.717, 1.165) is 10.8 Å². The quantitative estimate of drug-likeness (QED) is 0.114. The maximum atomic E-state index is 12.3. The highest BCUT2D eigenvalue weighted by molar-refractivity contribution is 7.66. The average molecular weight is 613 g/mol. The normalized spacial score (nSPS) is 24.0. The molecule has 3 rings (SSSR count). The second kappa shape index (κ2) is 12.3. The molecule has 39 heavy (non-hydrogen) atoms. The molecular formula is C18H22N3O15P3. The number of carbonyl (C=O) groups is 1. The smallest absolute Gasteiger partial charge is 0.390 e. The van der Waals surface area contributed by atoms with Gasteiger partial charge in [0.1, 0.15) is 12.3 Å². The fourth-order valence-electron chi connectivity index (χ4n) is 3.24. The van der Waals surface area contributed by atoms with Crippen molar-refractivity contribution in [3.8, 4) is 0 Å². The van der Waals surface area contributed by atoms with Gasteiger partial charge < -0.3 is 34.7 Å². The second-order valence-electron chi connectivity index (χ2n) is 7.77. The number of nitrogens with zero attached hydrogens (tertiary/aromatic N) is 1. The Balaban J connectivity index is 1.62. The summed E-state index contributed by atoms with van der Waals surface area (Å²) < 4.78 is 52.0. The van der Waals surface area contributed by atoms with Crippen molar-refractivity contribution >= 4 is 35.5 Å². The summed E-state index contributed by atoms with van der Waals surface area (Å²) in [6, 6.07) is 0. The van der Waals surface area contributed by atoms with Gasteiger partial charge in [-0.15, -0.1) is 5.73 Å². The van der Waals surface area contributed by atoms with Gasteiger partial charge >= 0.3 is 29.2 Å². The van der Waals surface area contributed by atoms with Crippen LogP contribution in [0.5, 0.6) is 0 Å². The number of ether oxygens (including phenoxy) is 1. The molecule has 21 heteroatoms. The predicted octanol–water partition coefficient (Wildman–Crippen LogP) is -0.691. The lowest BCUT2D eigenvalue weighted by Gasteiger charge is -2.19. The van der Waals surface area contributed by atoms with Gasteiger partial charge in [-0.2, -0.15) is 8.62 Å². The Morgan fingerprint density at radius 3 is 2.56 bits per heavy atom. The summed E-state index contributed by atoms with van der Waals surface area (Å²) in [4.78, 5) is 74.3. The van der Waals surface area contributed by atoms with Crippen molar-refractivity contribution in [1.82, 2.24) is 14.9 Å². The Morgan fingerprint density at radius 2 is 1.92 bits per heavy atom. The van der Waals surface area contributed by atoms with E-state index < -0.39 is 59.8 Å². The largest absolute Gasteiger partial charge is 0.490 e. The van der Waals surface area contributed by atoms with Crippen LogP contribution in [0.3, 0.4) is 0 Å². The van der Waals surface area contributed by atoms with Gasteiger partial charge in [0, 0.05) is 19.2 Å². The van der Waals surface area contributed by atoms with Crippen LogP contribution in [0.4, 0.5) is 0 Å². The summed E-state index contributed by atoms with van der Waals surface area (Å²) >= 11 is 0. The zero-order chi connectivity index (χ0) is 29.0. The zero-order valence-corrected chi connectivity index (χ0v) is 22.1. The molecule has 5 atom stereocenters. The Bertz CT molecular complexity index is 1500. The van der Waals surface area contributed by atoms with E-state index in [1.807, 2.05) is 0 Å². The minimum atomic E-state index is -5.73. The molecule has 2 unspecified atom stereocenters. The molecule has 214 valence electrons. The van der Waals surface area contributed by atoms with Crippen LogP contribution in [-0.4, -0.2) is 65.5 Å². The van der Waals surface area contributed by atoms with Gasteiger partial charge in [0.05, 0.1) is 23.8 Å². The zero-order valence-electron chi connectivity index (χ0n) is 19.4. The minimum Gasteiger partial charge on any atom is -0.390 e.